The summed E-state index contributed by atoms with van der Waals surface area (Å²) < 4.78 is 15.2. The zero-order chi connectivity index (χ0) is 34.9. The highest BCUT2D eigenvalue weighted by molar-refractivity contribution is 7.15. The van der Waals surface area contributed by atoms with Crippen LogP contribution in [0, 0.1) is 36.5 Å². The van der Waals surface area contributed by atoms with Gasteiger partial charge in [-0.2, -0.15) is 0 Å². The minimum Gasteiger partial charge on any atom is -0.461 e. The molecule has 2 aliphatic heterocycles. The van der Waals surface area contributed by atoms with Gasteiger partial charge in [-0.3, -0.25) is 23.9 Å². The fourth-order valence-corrected chi connectivity index (χ4v) is 9.87. The molecule has 0 bridgehead atoms. The summed E-state index contributed by atoms with van der Waals surface area (Å²) in [6.45, 7) is 0.718. The molecule has 0 spiro atoms. The highest BCUT2D eigenvalue weighted by Gasteiger charge is 2.32. The average molecular weight is 719 g/mol. The van der Waals surface area contributed by atoms with E-state index in [0.29, 0.717) is 36.3 Å². The number of hydrogen-bond acceptors (Lipinski definition) is 10. The molecule has 0 N–H and O–H groups in total. The summed E-state index contributed by atoms with van der Waals surface area (Å²) in [6.07, 6.45) is 26.9. The lowest BCUT2D eigenvalue weighted by Gasteiger charge is -2.23. The van der Waals surface area contributed by atoms with Crippen molar-refractivity contribution in [2.45, 2.75) is 90.1 Å². The molecule has 0 unspecified atom stereocenters. The van der Waals surface area contributed by atoms with E-state index in [9.17, 15) is 9.59 Å². The Labute approximate surface area is 305 Å². The first-order valence-electron chi connectivity index (χ1n) is 17.8. The van der Waals surface area contributed by atoms with Crippen molar-refractivity contribution >= 4 is 46.0 Å². The van der Waals surface area contributed by atoms with E-state index >= 15 is 0 Å². The summed E-state index contributed by atoms with van der Waals surface area (Å²) in [7, 11) is 0. The first kappa shape index (κ1) is 33.4. The summed E-state index contributed by atoms with van der Waals surface area (Å²) in [5.74, 6) is 5.54. The Hall–Kier alpha value is -4.78. The molecule has 0 amide bonds. The zero-order valence-electron chi connectivity index (χ0n) is 28.4. The number of hydrogen-bond donors (Lipinski definition) is 0. The normalized spacial score (nSPS) is 17.3. The van der Waals surface area contributed by atoms with Crippen LogP contribution in [0.1, 0.15) is 118 Å². The molecule has 12 heteroatoms. The Morgan fingerprint density at radius 3 is 1.92 bits per heavy atom. The molecule has 10 nitrogen and oxygen atoms in total. The van der Waals surface area contributed by atoms with Gasteiger partial charge in [0.25, 0.3) is 0 Å². The number of aliphatic imine (C=N–C) groups is 2. The van der Waals surface area contributed by atoms with Crippen LogP contribution in [0.25, 0.3) is 11.4 Å². The highest BCUT2D eigenvalue weighted by atomic mass is 32.1. The molecular weight excluding hydrogens is 681 g/mol. The predicted octanol–water partition coefficient (Wildman–Crippen LogP) is 7.45. The summed E-state index contributed by atoms with van der Waals surface area (Å²) >= 11 is 3.15. The zero-order valence-corrected chi connectivity index (χ0v) is 30.0. The number of carbonyl (C=O) groups excluding carboxylic acids is 2. The Morgan fingerprint density at radius 1 is 0.784 bits per heavy atom. The number of esters is 2. The topological polar surface area (TPSA) is 113 Å². The van der Waals surface area contributed by atoms with Crippen LogP contribution in [-0.4, -0.2) is 49.1 Å². The number of aromatic nitrogens is 4. The van der Waals surface area contributed by atoms with Crippen LogP contribution in [0.15, 0.2) is 34.8 Å². The van der Waals surface area contributed by atoms with Crippen molar-refractivity contribution in [1.82, 2.24) is 19.1 Å². The van der Waals surface area contributed by atoms with Gasteiger partial charge in [-0.05, 0) is 44.2 Å². The van der Waals surface area contributed by atoms with Gasteiger partial charge in [-0.1, -0.05) is 50.4 Å². The molecule has 2 aliphatic carbocycles. The van der Waals surface area contributed by atoms with Crippen molar-refractivity contribution in [3.8, 4) is 41.9 Å². The summed E-state index contributed by atoms with van der Waals surface area (Å²) in [6, 6.07) is 3.97. The van der Waals surface area contributed by atoms with Gasteiger partial charge in [-0.15, -0.1) is 35.5 Å². The van der Waals surface area contributed by atoms with Crippen molar-refractivity contribution in [3.05, 3.63) is 61.4 Å². The Morgan fingerprint density at radius 2 is 1.33 bits per heavy atom. The van der Waals surface area contributed by atoms with E-state index in [2.05, 4.69) is 21.8 Å². The highest BCUT2D eigenvalue weighted by Crippen LogP contribution is 2.39. The SMILES string of the molecule is C#Cc1cc2c(s1)C(C1CCCCC1)=NCc1c(OC(=O)CCCOC(=O)c3ncn4c3CN=C(C3CCCCC3)c3sc(C#C)cc3-4)ncn1-2. The molecule has 0 radical (unpaired) electrons. The van der Waals surface area contributed by atoms with Crippen LogP contribution in [0.3, 0.4) is 0 Å². The van der Waals surface area contributed by atoms with Crippen LogP contribution in [0.5, 0.6) is 5.88 Å². The van der Waals surface area contributed by atoms with E-state index in [0.717, 1.165) is 68.0 Å². The number of imidazole rings is 2. The Bertz CT molecular complexity index is 2140. The van der Waals surface area contributed by atoms with Gasteiger partial charge in [0.15, 0.2) is 5.69 Å². The van der Waals surface area contributed by atoms with E-state index in [1.165, 1.54) is 38.5 Å². The second kappa shape index (κ2) is 14.5. The molecule has 0 aromatic carbocycles. The third-order valence-electron chi connectivity index (χ3n) is 10.3. The van der Waals surface area contributed by atoms with Crippen LogP contribution < -0.4 is 4.74 Å². The molecule has 8 rings (SSSR count). The fraction of sp³-hybridized carbons (Fsp3) is 0.436. The van der Waals surface area contributed by atoms with Gasteiger partial charge in [0, 0.05) is 18.3 Å². The number of nitrogens with zero attached hydrogens (tertiary/aromatic N) is 6. The summed E-state index contributed by atoms with van der Waals surface area (Å²) in [4.78, 5) is 49.0. The van der Waals surface area contributed by atoms with Gasteiger partial charge in [0.1, 0.15) is 18.3 Å². The van der Waals surface area contributed by atoms with Crippen molar-refractivity contribution in [2.75, 3.05) is 6.61 Å². The third-order valence-corrected chi connectivity index (χ3v) is 12.5. The maximum Gasteiger partial charge on any atom is 0.358 e. The predicted molar refractivity (Wildman–Crippen MR) is 198 cm³/mol. The number of thiophene rings is 2. The summed E-state index contributed by atoms with van der Waals surface area (Å²) in [5, 5.41) is 0. The Kier molecular flexibility index (Phi) is 9.46. The van der Waals surface area contributed by atoms with Gasteiger partial charge >= 0.3 is 11.9 Å². The van der Waals surface area contributed by atoms with E-state index < -0.39 is 11.9 Å². The van der Waals surface area contributed by atoms with E-state index in [4.69, 9.17) is 32.3 Å². The first-order valence-corrected chi connectivity index (χ1v) is 19.5. The largest absolute Gasteiger partial charge is 0.461 e. The molecule has 4 aromatic heterocycles. The smallest absolute Gasteiger partial charge is 0.358 e. The third kappa shape index (κ3) is 6.47. The number of fused-ring (bicyclic) bond motifs is 6. The molecule has 0 saturated heterocycles. The molecule has 4 aromatic rings. The lowest BCUT2D eigenvalue weighted by atomic mass is 9.85. The van der Waals surface area contributed by atoms with E-state index in [-0.39, 0.29) is 31.0 Å². The maximum absolute atomic E-state index is 13.3. The van der Waals surface area contributed by atoms with Crippen molar-refractivity contribution < 1.29 is 19.1 Å². The number of carbonyl (C=O) groups is 2. The molecule has 4 aliphatic rings. The first-order chi connectivity index (χ1) is 25.0. The standard InChI is InChI=1S/C39H38N6O4S2/c1-3-26-18-28-36(50-26)33(24-12-7-5-8-13-24)40-20-30-35(42-22-44(28)30)39(47)48-17-11-16-32(46)49-38-31-21-41-34(25-14-9-6-10-15-25)37-29(45(31)23-43-38)19-27(4-2)51-37/h1-2,18-19,22-25H,5-17,20-21H2. The molecule has 2 fully saturated rings. The lowest BCUT2D eigenvalue weighted by Crippen LogP contribution is -2.18. The molecule has 260 valence electrons. The average Bonchev–Trinajstić information content (AvgIpc) is 3.94. The number of rotatable bonds is 8. The number of ether oxygens (including phenoxy) is 2. The fourth-order valence-electron chi connectivity index (χ4n) is 7.78. The molecule has 2 saturated carbocycles. The van der Waals surface area contributed by atoms with Gasteiger partial charge < -0.3 is 9.47 Å². The second-order valence-electron chi connectivity index (χ2n) is 13.5. The van der Waals surface area contributed by atoms with Crippen LogP contribution >= 0.6 is 22.7 Å². The number of terminal acetylenes is 2. The van der Waals surface area contributed by atoms with E-state index in [1.807, 2.05) is 21.3 Å². The molecular formula is C39H38N6O4S2. The van der Waals surface area contributed by atoms with Crippen molar-refractivity contribution in [1.29, 1.82) is 0 Å². The van der Waals surface area contributed by atoms with Crippen LogP contribution in [-0.2, 0) is 22.6 Å². The quantitative estimate of drug-likeness (QED) is 0.106. The van der Waals surface area contributed by atoms with Gasteiger partial charge in [-0.25, -0.2) is 14.8 Å². The minimum atomic E-state index is -0.550. The van der Waals surface area contributed by atoms with E-state index in [1.54, 1.807) is 35.3 Å². The van der Waals surface area contributed by atoms with Crippen molar-refractivity contribution in [2.24, 2.45) is 21.8 Å². The van der Waals surface area contributed by atoms with Crippen molar-refractivity contribution in [3.63, 3.8) is 0 Å². The minimum absolute atomic E-state index is 0.0330. The van der Waals surface area contributed by atoms with Gasteiger partial charge in [0.05, 0.1) is 67.7 Å². The Balaban J connectivity index is 0.913. The van der Waals surface area contributed by atoms with Gasteiger partial charge in [0.2, 0.25) is 5.88 Å². The molecule has 51 heavy (non-hydrogen) atoms. The molecule has 0 atom stereocenters. The maximum atomic E-state index is 13.3. The van der Waals surface area contributed by atoms with Crippen LogP contribution in [0.2, 0.25) is 0 Å². The van der Waals surface area contributed by atoms with Crippen LogP contribution in [0.4, 0.5) is 0 Å². The lowest BCUT2D eigenvalue weighted by molar-refractivity contribution is -0.135. The molecule has 6 heterocycles. The monoisotopic (exact) mass is 718 g/mol. The summed E-state index contributed by atoms with van der Waals surface area (Å²) in [5.41, 5.74) is 5.63. The second-order valence-corrected chi connectivity index (χ2v) is 15.6.